The van der Waals surface area contributed by atoms with Gasteiger partial charge >= 0.3 is 6.03 Å². The van der Waals surface area contributed by atoms with Crippen molar-refractivity contribution in [2.75, 3.05) is 11.9 Å². The first-order valence-electron chi connectivity index (χ1n) is 8.16. The number of nitrogens with zero attached hydrogens (tertiary/aromatic N) is 5. The largest absolute Gasteiger partial charge is 0.322 e. The molecule has 1 aliphatic heterocycles. The highest BCUT2D eigenvalue weighted by Crippen LogP contribution is 2.38. The van der Waals surface area contributed by atoms with E-state index in [0.717, 1.165) is 12.1 Å². The maximum Gasteiger partial charge on any atom is 0.322 e. The van der Waals surface area contributed by atoms with Gasteiger partial charge in [-0.15, -0.1) is 0 Å². The van der Waals surface area contributed by atoms with Crippen LogP contribution in [0.1, 0.15) is 18.5 Å². The SMILES string of the molecule is C[C@@H]1CN(C(=O)Nc2cccnc2-n2cncn2)[C@@H]1c1ccccc1. The van der Waals surface area contributed by atoms with E-state index in [1.807, 2.05) is 29.2 Å². The molecule has 0 aliphatic carbocycles. The summed E-state index contributed by atoms with van der Waals surface area (Å²) in [5.74, 6) is 0.968. The molecule has 4 rings (SSSR count). The van der Waals surface area contributed by atoms with E-state index in [-0.39, 0.29) is 12.1 Å². The van der Waals surface area contributed by atoms with Gasteiger partial charge in [0.25, 0.3) is 0 Å². The summed E-state index contributed by atoms with van der Waals surface area (Å²) in [4.78, 5) is 22.9. The van der Waals surface area contributed by atoms with Gasteiger partial charge < -0.3 is 10.2 Å². The molecule has 1 aromatic carbocycles. The van der Waals surface area contributed by atoms with Crippen molar-refractivity contribution < 1.29 is 4.79 Å². The Morgan fingerprint density at radius 2 is 2.04 bits per heavy atom. The van der Waals surface area contributed by atoms with Crippen LogP contribution in [0.25, 0.3) is 5.82 Å². The fourth-order valence-electron chi connectivity index (χ4n) is 3.24. The standard InChI is InChI=1S/C18H18N6O/c1-13-10-23(16(13)14-6-3-2-4-7-14)18(25)22-15-8-5-9-20-17(15)24-12-19-11-21-24/h2-9,11-13,16H,10H2,1H3,(H,22,25)/t13-,16+/m1/s1. The normalized spacial score (nSPS) is 19.3. The number of benzene rings is 1. The number of pyridine rings is 1. The molecule has 2 aromatic heterocycles. The monoisotopic (exact) mass is 334 g/mol. The first-order valence-corrected chi connectivity index (χ1v) is 8.16. The second-order valence-corrected chi connectivity index (χ2v) is 6.13. The predicted octanol–water partition coefficient (Wildman–Crippen LogP) is 2.89. The van der Waals surface area contributed by atoms with Crippen molar-refractivity contribution in [3.05, 3.63) is 66.9 Å². The molecule has 0 unspecified atom stereocenters. The minimum Gasteiger partial charge on any atom is -0.317 e. The predicted molar refractivity (Wildman–Crippen MR) is 93.2 cm³/mol. The van der Waals surface area contributed by atoms with Crippen LogP contribution < -0.4 is 5.32 Å². The van der Waals surface area contributed by atoms with Crippen LogP contribution in [0.3, 0.4) is 0 Å². The number of anilines is 1. The first-order chi connectivity index (χ1) is 12.2. The molecule has 1 saturated heterocycles. The van der Waals surface area contributed by atoms with E-state index in [4.69, 9.17) is 0 Å². The lowest BCUT2D eigenvalue weighted by Crippen LogP contribution is -2.53. The zero-order valence-corrected chi connectivity index (χ0v) is 13.8. The minimum absolute atomic E-state index is 0.0905. The van der Waals surface area contributed by atoms with Crippen LogP contribution in [0.4, 0.5) is 10.5 Å². The van der Waals surface area contributed by atoms with Crippen molar-refractivity contribution in [2.24, 2.45) is 5.92 Å². The van der Waals surface area contributed by atoms with E-state index < -0.39 is 0 Å². The molecule has 0 radical (unpaired) electrons. The number of carbonyl (C=O) groups is 1. The molecule has 126 valence electrons. The Labute approximate surface area is 145 Å². The highest BCUT2D eigenvalue weighted by Gasteiger charge is 2.40. The summed E-state index contributed by atoms with van der Waals surface area (Å²) in [5.41, 5.74) is 1.75. The van der Waals surface area contributed by atoms with Gasteiger partial charge in [-0.25, -0.2) is 19.4 Å². The Hall–Kier alpha value is -3.22. The summed E-state index contributed by atoms with van der Waals surface area (Å²) in [6.07, 6.45) is 4.64. The van der Waals surface area contributed by atoms with Crippen molar-refractivity contribution in [1.82, 2.24) is 24.6 Å². The van der Waals surface area contributed by atoms with Crippen LogP contribution in [0.15, 0.2) is 61.3 Å². The fraction of sp³-hybridized carbons (Fsp3) is 0.222. The molecule has 1 aliphatic rings. The Morgan fingerprint density at radius 1 is 1.20 bits per heavy atom. The summed E-state index contributed by atoms with van der Waals surface area (Å²) in [7, 11) is 0. The topological polar surface area (TPSA) is 75.9 Å². The average molecular weight is 334 g/mol. The number of carbonyl (C=O) groups excluding carboxylic acids is 1. The molecular weight excluding hydrogens is 316 g/mol. The Bertz CT molecular complexity index is 864. The van der Waals surface area contributed by atoms with Crippen molar-refractivity contribution in [3.8, 4) is 5.82 Å². The molecule has 2 amide bonds. The lowest BCUT2D eigenvalue weighted by molar-refractivity contribution is 0.0671. The van der Waals surface area contributed by atoms with E-state index >= 15 is 0 Å². The number of hydrogen-bond acceptors (Lipinski definition) is 4. The molecule has 3 heterocycles. The maximum absolute atomic E-state index is 12.8. The Balaban J connectivity index is 1.55. The second kappa shape index (κ2) is 6.35. The molecular formula is C18H18N6O. The molecule has 0 spiro atoms. The van der Waals surface area contributed by atoms with E-state index in [0.29, 0.717) is 17.4 Å². The third-order valence-corrected chi connectivity index (χ3v) is 4.43. The highest BCUT2D eigenvalue weighted by atomic mass is 16.2. The Kier molecular flexibility index (Phi) is 3.89. The van der Waals surface area contributed by atoms with Gasteiger partial charge in [0.1, 0.15) is 12.7 Å². The summed E-state index contributed by atoms with van der Waals surface area (Å²) < 4.78 is 1.53. The number of likely N-dealkylation sites (tertiary alicyclic amines) is 1. The highest BCUT2D eigenvalue weighted by molar-refractivity contribution is 5.91. The van der Waals surface area contributed by atoms with Gasteiger partial charge in [-0.2, -0.15) is 5.10 Å². The number of aromatic nitrogens is 4. The second-order valence-electron chi connectivity index (χ2n) is 6.13. The molecule has 2 atom stereocenters. The lowest BCUT2D eigenvalue weighted by atomic mass is 9.85. The van der Waals surface area contributed by atoms with Gasteiger partial charge in [-0.1, -0.05) is 37.3 Å². The molecule has 0 saturated carbocycles. The van der Waals surface area contributed by atoms with Gasteiger partial charge in [-0.05, 0) is 23.6 Å². The van der Waals surface area contributed by atoms with Crippen LogP contribution in [0.2, 0.25) is 0 Å². The van der Waals surface area contributed by atoms with Gasteiger partial charge in [0.2, 0.25) is 0 Å². The Morgan fingerprint density at radius 3 is 2.76 bits per heavy atom. The van der Waals surface area contributed by atoms with Crippen molar-refractivity contribution in [1.29, 1.82) is 0 Å². The van der Waals surface area contributed by atoms with Crippen LogP contribution in [0, 0.1) is 5.92 Å². The first kappa shape index (κ1) is 15.3. The maximum atomic E-state index is 12.8. The zero-order valence-electron chi connectivity index (χ0n) is 13.8. The molecule has 1 N–H and O–H groups in total. The van der Waals surface area contributed by atoms with Gasteiger partial charge in [0, 0.05) is 12.7 Å². The van der Waals surface area contributed by atoms with Crippen molar-refractivity contribution in [3.63, 3.8) is 0 Å². The third kappa shape index (κ3) is 2.84. The summed E-state index contributed by atoms with van der Waals surface area (Å²) >= 11 is 0. The van der Waals surface area contributed by atoms with Crippen LogP contribution in [-0.2, 0) is 0 Å². The molecule has 3 aromatic rings. The summed E-state index contributed by atoms with van der Waals surface area (Å²) in [5, 5.41) is 7.04. The van der Waals surface area contributed by atoms with Crippen LogP contribution in [-0.4, -0.2) is 37.2 Å². The van der Waals surface area contributed by atoms with E-state index in [9.17, 15) is 4.79 Å². The molecule has 7 nitrogen and oxygen atoms in total. The van der Waals surface area contributed by atoms with Gasteiger partial charge in [0.15, 0.2) is 5.82 Å². The number of hydrogen-bond donors (Lipinski definition) is 1. The quantitative estimate of drug-likeness (QED) is 0.799. The third-order valence-electron chi connectivity index (χ3n) is 4.43. The smallest absolute Gasteiger partial charge is 0.317 e. The van der Waals surface area contributed by atoms with Crippen molar-refractivity contribution >= 4 is 11.7 Å². The summed E-state index contributed by atoms with van der Waals surface area (Å²) in [6, 6.07) is 13.6. The number of rotatable bonds is 3. The molecule has 0 bridgehead atoms. The number of nitrogens with one attached hydrogen (secondary N) is 1. The van der Waals surface area contributed by atoms with E-state index in [1.54, 1.807) is 18.6 Å². The van der Waals surface area contributed by atoms with Crippen molar-refractivity contribution in [2.45, 2.75) is 13.0 Å². The molecule has 7 heteroatoms. The van der Waals surface area contributed by atoms with Crippen LogP contribution >= 0.6 is 0 Å². The van der Waals surface area contributed by atoms with Crippen LogP contribution in [0.5, 0.6) is 0 Å². The van der Waals surface area contributed by atoms with Gasteiger partial charge in [-0.3, -0.25) is 0 Å². The number of amides is 2. The van der Waals surface area contributed by atoms with Gasteiger partial charge in [0.05, 0.1) is 11.7 Å². The minimum atomic E-state index is -0.138. The zero-order chi connectivity index (χ0) is 17.2. The molecule has 25 heavy (non-hydrogen) atoms. The number of urea groups is 1. The van der Waals surface area contributed by atoms with E-state index in [1.165, 1.54) is 11.0 Å². The van der Waals surface area contributed by atoms with E-state index in [2.05, 4.69) is 39.4 Å². The molecule has 1 fully saturated rings. The summed E-state index contributed by atoms with van der Waals surface area (Å²) in [6.45, 7) is 2.89. The lowest BCUT2D eigenvalue weighted by Gasteiger charge is -2.46. The fourth-order valence-corrected chi connectivity index (χ4v) is 3.24. The average Bonchev–Trinajstić information content (AvgIpc) is 3.15.